The number of nitrogen functional groups attached to an aromatic ring is 1. The lowest BCUT2D eigenvalue weighted by atomic mass is 10.2. The van der Waals surface area contributed by atoms with E-state index in [-0.39, 0.29) is 6.54 Å². The highest BCUT2D eigenvalue weighted by molar-refractivity contribution is 9.10. The Morgan fingerprint density at radius 3 is 2.82 bits per heavy atom. The largest absolute Gasteiger partial charge is 0.444 e. The number of nitrogens with one attached hydrogen (secondary N) is 1. The molecule has 0 aliphatic carbocycles. The van der Waals surface area contributed by atoms with Crippen molar-refractivity contribution >= 4 is 27.8 Å². The first kappa shape index (κ1) is 13.8. The highest BCUT2D eigenvalue weighted by atomic mass is 79.9. The predicted octanol–water partition coefficient (Wildman–Crippen LogP) is 2.45. The normalized spacial score (nSPS) is 11.1. The molecule has 3 N–H and O–H groups in total. The number of nitrogens with zero attached hydrogens (tertiary/aromatic N) is 1. The van der Waals surface area contributed by atoms with Crippen LogP contribution in [0.25, 0.3) is 0 Å². The van der Waals surface area contributed by atoms with Gasteiger partial charge in [0.25, 0.3) is 0 Å². The van der Waals surface area contributed by atoms with Gasteiger partial charge in [0.2, 0.25) is 0 Å². The fourth-order valence-corrected chi connectivity index (χ4v) is 1.49. The second-order valence-corrected chi connectivity index (χ2v) is 5.47. The Balaban J connectivity index is 2.56. The molecule has 1 rings (SSSR count). The summed E-state index contributed by atoms with van der Waals surface area (Å²) in [7, 11) is 0. The summed E-state index contributed by atoms with van der Waals surface area (Å²) in [6.07, 6.45) is 1.13. The summed E-state index contributed by atoms with van der Waals surface area (Å²) in [6.45, 7) is 5.71. The molecule has 6 heteroatoms. The molecular formula is C11H16BrN3O2. The molecule has 0 saturated carbocycles. The van der Waals surface area contributed by atoms with Crippen molar-refractivity contribution in [3.05, 3.63) is 22.3 Å². The lowest BCUT2D eigenvalue weighted by molar-refractivity contribution is 0.0523. The SMILES string of the molecule is CC(C)(C)OC(=O)NCc1cc(Br)cnc1N. The van der Waals surface area contributed by atoms with Crippen LogP contribution in [0, 0.1) is 0 Å². The summed E-state index contributed by atoms with van der Waals surface area (Å²) in [5, 5.41) is 2.62. The predicted molar refractivity (Wildman–Crippen MR) is 69.4 cm³/mol. The van der Waals surface area contributed by atoms with E-state index in [1.165, 1.54) is 0 Å². The monoisotopic (exact) mass is 301 g/mol. The van der Waals surface area contributed by atoms with Gasteiger partial charge >= 0.3 is 6.09 Å². The highest BCUT2D eigenvalue weighted by Gasteiger charge is 2.16. The van der Waals surface area contributed by atoms with Gasteiger partial charge in [-0.1, -0.05) is 0 Å². The molecule has 0 unspecified atom stereocenters. The van der Waals surface area contributed by atoms with Gasteiger partial charge in [-0.3, -0.25) is 0 Å². The molecule has 0 radical (unpaired) electrons. The Kier molecular flexibility index (Phi) is 4.34. The van der Waals surface area contributed by atoms with Gasteiger partial charge in [0, 0.05) is 22.8 Å². The van der Waals surface area contributed by atoms with Crippen LogP contribution >= 0.6 is 15.9 Å². The molecule has 5 nitrogen and oxygen atoms in total. The maximum Gasteiger partial charge on any atom is 0.407 e. The summed E-state index contributed by atoms with van der Waals surface area (Å²) >= 11 is 3.29. The molecule has 1 heterocycles. The number of hydrogen-bond acceptors (Lipinski definition) is 4. The number of alkyl carbamates (subject to hydrolysis) is 1. The van der Waals surface area contributed by atoms with Gasteiger partial charge in [0.05, 0.1) is 0 Å². The van der Waals surface area contributed by atoms with Gasteiger partial charge in [-0.05, 0) is 42.8 Å². The highest BCUT2D eigenvalue weighted by Crippen LogP contribution is 2.15. The molecule has 0 saturated heterocycles. The zero-order valence-corrected chi connectivity index (χ0v) is 11.7. The molecule has 1 aromatic heterocycles. The summed E-state index contributed by atoms with van der Waals surface area (Å²) in [5.74, 6) is 0.393. The van der Waals surface area contributed by atoms with Crippen LogP contribution in [0.3, 0.4) is 0 Å². The van der Waals surface area contributed by atoms with E-state index in [1.54, 1.807) is 12.3 Å². The second-order valence-electron chi connectivity index (χ2n) is 4.55. The number of ether oxygens (including phenoxy) is 1. The van der Waals surface area contributed by atoms with E-state index in [0.717, 1.165) is 10.0 Å². The first-order chi connectivity index (χ1) is 7.78. The van der Waals surface area contributed by atoms with E-state index in [4.69, 9.17) is 10.5 Å². The quantitative estimate of drug-likeness (QED) is 0.879. The van der Waals surface area contributed by atoms with Gasteiger partial charge in [0.15, 0.2) is 0 Å². The molecule has 0 aromatic carbocycles. The Morgan fingerprint density at radius 1 is 1.59 bits per heavy atom. The minimum Gasteiger partial charge on any atom is -0.444 e. The van der Waals surface area contributed by atoms with Crippen LogP contribution in [0.15, 0.2) is 16.7 Å². The molecule has 0 spiro atoms. The number of carbonyl (C=O) groups is 1. The van der Waals surface area contributed by atoms with E-state index < -0.39 is 11.7 Å². The smallest absolute Gasteiger partial charge is 0.407 e. The van der Waals surface area contributed by atoms with Crippen molar-refractivity contribution in [2.24, 2.45) is 0 Å². The van der Waals surface area contributed by atoms with Gasteiger partial charge in [-0.2, -0.15) is 0 Å². The van der Waals surface area contributed by atoms with Crippen molar-refractivity contribution < 1.29 is 9.53 Å². The van der Waals surface area contributed by atoms with Crippen molar-refractivity contribution in [1.82, 2.24) is 10.3 Å². The number of rotatable bonds is 2. The Hall–Kier alpha value is -1.30. The van der Waals surface area contributed by atoms with Gasteiger partial charge in [-0.15, -0.1) is 0 Å². The van der Waals surface area contributed by atoms with Crippen LogP contribution in [-0.4, -0.2) is 16.7 Å². The first-order valence-corrected chi connectivity index (χ1v) is 5.94. The first-order valence-electron chi connectivity index (χ1n) is 5.14. The van der Waals surface area contributed by atoms with Gasteiger partial charge in [0.1, 0.15) is 11.4 Å². The lowest BCUT2D eigenvalue weighted by Crippen LogP contribution is -2.32. The number of pyridine rings is 1. The third-order valence-corrected chi connectivity index (χ3v) is 2.22. The van der Waals surface area contributed by atoms with Crippen LogP contribution in [0.1, 0.15) is 26.3 Å². The number of amides is 1. The molecule has 0 atom stereocenters. The molecule has 1 amide bonds. The molecule has 1 aromatic rings. The van der Waals surface area contributed by atoms with Crippen molar-refractivity contribution in [3.63, 3.8) is 0 Å². The maximum atomic E-state index is 11.4. The molecule has 0 bridgehead atoms. The van der Waals surface area contributed by atoms with E-state index in [2.05, 4.69) is 26.2 Å². The van der Waals surface area contributed by atoms with Crippen LogP contribution in [0.4, 0.5) is 10.6 Å². The molecular weight excluding hydrogens is 286 g/mol. The minimum absolute atomic E-state index is 0.285. The Labute approximate surface area is 109 Å². The average Bonchev–Trinajstić information content (AvgIpc) is 2.17. The number of aromatic nitrogens is 1. The van der Waals surface area contributed by atoms with E-state index in [0.29, 0.717) is 5.82 Å². The lowest BCUT2D eigenvalue weighted by Gasteiger charge is -2.19. The third-order valence-electron chi connectivity index (χ3n) is 1.79. The van der Waals surface area contributed by atoms with Crippen LogP contribution in [-0.2, 0) is 11.3 Å². The van der Waals surface area contributed by atoms with Gasteiger partial charge < -0.3 is 15.8 Å². The zero-order valence-electron chi connectivity index (χ0n) is 10.1. The summed E-state index contributed by atoms with van der Waals surface area (Å²) in [5.41, 5.74) is 5.91. The Bertz CT molecular complexity index is 416. The van der Waals surface area contributed by atoms with Crippen molar-refractivity contribution in [1.29, 1.82) is 0 Å². The molecule has 17 heavy (non-hydrogen) atoms. The minimum atomic E-state index is -0.509. The van der Waals surface area contributed by atoms with Crippen molar-refractivity contribution in [3.8, 4) is 0 Å². The van der Waals surface area contributed by atoms with Crippen molar-refractivity contribution in [2.45, 2.75) is 32.9 Å². The summed E-state index contributed by atoms with van der Waals surface area (Å²) in [6, 6.07) is 1.81. The van der Waals surface area contributed by atoms with E-state index in [9.17, 15) is 4.79 Å². The maximum absolute atomic E-state index is 11.4. The van der Waals surface area contributed by atoms with Crippen molar-refractivity contribution in [2.75, 3.05) is 5.73 Å². The number of carbonyl (C=O) groups excluding carboxylic acids is 1. The number of halogens is 1. The molecule has 0 aliphatic rings. The topological polar surface area (TPSA) is 77.2 Å². The van der Waals surface area contributed by atoms with Crippen LogP contribution in [0.2, 0.25) is 0 Å². The average molecular weight is 302 g/mol. The third kappa shape index (κ3) is 5.04. The summed E-state index contributed by atoms with van der Waals surface area (Å²) in [4.78, 5) is 15.4. The molecule has 0 fully saturated rings. The van der Waals surface area contributed by atoms with Crippen LogP contribution < -0.4 is 11.1 Å². The standard InChI is InChI=1S/C11H16BrN3O2/c1-11(2,3)17-10(16)15-5-7-4-8(12)6-14-9(7)13/h4,6H,5H2,1-3H3,(H2,13,14)(H,15,16). The molecule has 94 valence electrons. The second kappa shape index (κ2) is 5.35. The fourth-order valence-electron chi connectivity index (χ4n) is 1.11. The number of hydrogen-bond donors (Lipinski definition) is 2. The number of anilines is 1. The van der Waals surface area contributed by atoms with Crippen LogP contribution in [0.5, 0.6) is 0 Å². The van der Waals surface area contributed by atoms with E-state index in [1.807, 2.05) is 20.8 Å². The number of nitrogens with two attached hydrogens (primary N) is 1. The fraction of sp³-hybridized carbons (Fsp3) is 0.455. The van der Waals surface area contributed by atoms with Gasteiger partial charge in [-0.25, -0.2) is 9.78 Å². The van der Waals surface area contributed by atoms with E-state index >= 15 is 0 Å². The zero-order chi connectivity index (χ0) is 13.1. The molecule has 0 aliphatic heterocycles. The summed E-state index contributed by atoms with van der Waals surface area (Å²) < 4.78 is 5.92. The Morgan fingerprint density at radius 2 is 2.24 bits per heavy atom.